The fourth-order valence-corrected chi connectivity index (χ4v) is 3.40. The number of nitrogens with zero attached hydrogens (tertiary/aromatic N) is 2. The smallest absolute Gasteiger partial charge is 0.259 e. The Labute approximate surface area is 95.9 Å². The third kappa shape index (κ3) is 2.27. The molecule has 0 aromatic carbocycles. The maximum atomic E-state index is 12.2. The number of rotatable bonds is 2. The van der Waals surface area contributed by atoms with Crippen molar-refractivity contribution in [1.82, 2.24) is 14.5 Å². The zero-order valence-corrected chi connectivity index (χ0v) is 10.2. The maximum absolute atomic E-state index is 12.2. The number of aromatic amines is 1. The largest absolute Gasteiger partial charge is 0.266 e. The Balaban J connectivity index is 2.18. The molecule has 0 spiro atoms. The van der Waals surface area contributed by atoms with E-state index in [9.17, 15) is 8.42 Å². The molecule has 1 unspecified atom stereocenters. The average Bonchev–Trinajstić information content (AvgIpc) is 2.68. The van der Waals surface area contributed by atoms with Crippen molar-refractivity contribution in [3.05, 3.63) is 12.3 Å². The zero-order chi connectivity index (χ0) is 11.6. The average molecular weight is 243 g/mol. The summed E-state index contributed by atoms with van der Waals surface area (Å²) in [4.78, 5) is 0. The molecular formula is C10H17N3O2S. The molecule has 1 fully saturated rings. The molecule has 0 amide bonds. The Morgan fingerprint density at radius 1 is 1.44 bits per heavy atom. The van der Waals surface area contributed by atoms with Crippen LogP contribution >= 0.6 is 0 Å². The van der Waals surface area contributed by atoms with Crippen LogP contribution < -0.4 is 0 Å². The third-order valence-corrected chi connectivity index (χ3v) is 4.90. The Morgan fingerprint density at radius 3 is 2.94 bits per heavy atom. The van der Waals surface area contributed by atoms with Crippen molar-refractivity contribution in [3.8, 4) is 0 Å². The summed E-state index contributed by atoms with van der Waals surface area (Å²) in [5, 5.41) is 6.41. The summed E-state index contributed by atoms with van der Waals surface area (Å²) >= 11 is 0. The van der Waals surface area contributed by atoms with E-state index in [1.807, 2.05) is 0 Å². The van der Waals surface area contributed by atoms with Crippen molar-refractivity contribution in [2.45, 2.75) is 31.2 Å². The van der Waals surface area contributed by atoms with Gasteiger partial charge in [-0.15, -0.1) is 0 Å². The molecule has 16 heavy (non-hydrogen) atoms. The van der Waals surface area contributed by atoms with Gasteiger partial charge < -0.3 is 0 Å². The predicted octanol–water partition coefficient (Wildman–Crippen LogP) is 1.22. The van der Waals surface area contributed by atoms with E-state index < -0.39 is 10.0 Å². The highest BCUT2D eigenvalue weighted by Crippen LogP contribution is 2.21. The van der Waals surface area contributed by atoms with Crippen LogP contribution in [0.1, 0.15) is 26.2 Å². The number of hydrogen-bond donors (Lipinski definition) is 1. The van der Waals surface area contributed by atoms with Gasteiger partial charge in [0.1, 0.15) is 0 Å². The highest BCUT2D eigenvalue weighted by molar-refractivity contribution is 7.89. The monoisotopic (exact) mass is 243 g/mol. The highest BCUT2D eigenvalue weighted by atomic mass is 32.2. The molecule has 1 aromatic heterocycles. The van der Waals surface area contributed by atoms with Gasteiger partial charge in [0.05, 0.1) is 6.20 Å². The van der Waals surface area contributed by atoms with Gasteiger partial charge in [0.25, 0.3) is 10.0 Å². The van der Waals surface area contributed by atoms with Crippen LogP contribution in [-0.2, 0) is 10.0 Å². The van der Waals surface area contributed by atoms with E-state index in [1.54, 1.807) is 4.31 Å². The second kappa shape index (κ2) is 4.55. The number of hydrogen-bond acceptors (Lipinski definition) is 3. The standard InChI is InChI=1S/C10H17N3O2S/c1-9-3-2-7-13(8-5-9)16(14,15)10-4-6-11-12-10/h4,6,9H,2-3,5,7-8H2,1H3,(H,11,12). The van der Waals surface area contributed by atoms with Gasteiger partial charge in [0.15, 0.2) is 5.03 Å². The molecule has 0 aliphatic carbocycles. The summed E-state index contributed by atoms with van der Waals surface area (Å²) in [6, 6.07) is 1.50. The Bertz CT molecular complexity index is 427. The molecule has 1 saturated heterocycles. The number of nitrogens with one attached hydrogen (secondary N) is 1. The van der Waals surface area contributed by atoms with Gasteiger partial charge in [-0.25, -0.2) is 8.42 Å². The summed E-state index contributed by atoms with van der Waals surface area (Å²) in [5.74, 6) is 0.613. The molecule has 1 atom stereocenters. The van der Waals surface area contributed by atoms with Crippen molar-refractivity contribution in [1.29, 1.82) is 0 Å². The molecular weight excluding hydrogens is 226 g/mol. The summed E-state index contributed by atoms with van der Waals surface area (Å²) in [7, 11) is -3.35. The van der Waals surface area contributed by atoms with Gasteiger partial charge >= 0.3 is 0 Å². The van der Waals surface area contributed by atoms with Crippen LogP contribution in [0.5, 0.6) is 0 Å². The Kier molecular flexibility index (Phi) is 3.30. The van der Waals surface area contributed by atoms with Crippen LogP contribution in [0.4, 0.5) is 0 Å². The van der Waals surface area contributed by atoms with E-state index in [4.69, 9.17) is 0 Å². The lowest BCUT2D eigenvalue weighted by atomic mass is 10.0. The van der Waals surface area contributed by atoms with Gasteiger partial charge in [-0.2, -0.15) is 9.40 Å². The third-order valence-electron chi connectivity index (χ3n) is 3.07. The van der Waals surface area contributed by atoms with Crippen LogP contribution in [0.25, 0.3) is 0 Å². The van der Waals surface area contributed by atoms with E-state index in [1.165, 1.54) is 12.3 Å². The number of H-pyrrole nitrogens is 1. The molecule has 6 heteroatoms. The molecule has 90 valence electrons. The summed E-state index contributed by atoms with van der Waals surface area (Å²) in [6.45, 7) is 3.40. The minimum Gasteiger partial charge on any atom is -0.266 e. The maximum Gasteiger partial charge on any atom is 0.259 e. The lowest BCUT2D eigenvalue weighted by molar-refractivity contribution is 0.414. The first-order chi connectivity index (χ1) is 7.60. The van der Waals surface area contributed by atoms with Crippen molar-refractivity contribution >= 4 is 10.0 Å². The Morgan fingerprint density at radius 2 is 2.25 bits per heavy atom. The second-order valence-corrected chi connectivity index (χ2v) is 6.27. The van der Waals surface area contributed by atoms with E-state index >= 15 is 0 Å². The minimum absolute atomic E-state index is 0.196. The molecule has 1 aliphatic rings. The van der Waals surface area contributed by atoms with Crippen molar-refractivity contribution < 1.29 is 8.42 Å². The predicted molar refractivity (Wildman–Crippen MR) is 60.4 cm³/mol. The quantitative estimate of drug-likeness (QED) is 0.849. The molecule has 0 radical (unpaired) electrons. The Hall–Kier alpha value is -0.880. The molecule has 5 nitrogen and oxygen atoms in total. The summed E-state index contributed by atoms with van der Waals surface area (Å²) in [5.41, 5.74) is 0. The zero-order valence-electron chi connectivity index (χ0n) is 9.39. The van der Waals surface area contributed by atoms with Gasteiger partial charge in [-0.1, -0.05) is 6.92 Å². The normalized spacial score (nSPS) is 24.2. The fourth-order valence-electron chi connectivity index (χ4n) is 2.00. The van der Waals surface area contributed by atoms with E-state index in [2.05, 4.69) is 17.1 Å². The fraction of sp³-hybridized carbons (Fsp3) is 0.700. The SMILES string of the molecule is CC1CCCN(S(=O)(=O)c2ccn[nH]2)CC1. The number of sulfonamides is 1. The second-order valence-electron chi connectivity index (χ2n) is 4.36. The number of aromatic nitrogens is 2. The van der Waals surface area contributed by atoms with E-state index in [-0.39, 0.29) is 5.03 Å². The minimum atomic E-state index is -3.35. The molecule has 2 heterocycles. The van der Waals surface area contributed by atoms with E-state index in [0.717, 1.165) is 19.3 Å². The van der Waals surface area contributed by atoms with Crippen LogP contribution in [0.15, 0.2) is 17.3 Å². The topological polar surface area (TPSA) is 66.1 Å². The molecule has 1 N–H and O–H groups in total. The molecule has 1 aromatic rings. The summed E-state index contributed by atoms with van der Waals surface area (Å²) in [6.07, 6.45) is 4.45. The molecule has 1 aliphatic heterocycles. The van der Waals surface area contributed by atoms with Gasteiger partial charge in [0.2, 0.25) is 0 Å². The van der Waals surface area contributed by atoms with Gasteiger partial charge in [0, 0.05) is 13.1 Å². The van der Waals surface area contributed by atoms with E-state index in [0.29, 0.717) is 19.0 Å². The molecule has 2 rings (SSSR count). The van der Waals surface area contributed by atoms with Crippen molar-refractivity contribution in [2.24, 2.45) is 5.92 Å². The first-order valence-corrected chi connectivity index (χ1v) is 7.04. The van der Waals surface area contributed by atoms with Gasteiger partial charge in [-0.3, -0.25) is 5.10 Å². The first kappa shape index (κ1) is 11.6. The van der Waals surface area contributed by atoms with Crippen molar-refractivity contribution in [3.63, 3.8) is 0 Å². The van der Waals surface area contributed by atoms with Crippen LogP contribution in [-0.4, -0.2) is 36.0 Å². The molecule has 0 saturated carbocycles. The molecule has 0 bridgehead atoms. The lowest BCUT2D eigenvalue weighted by Crippen LogP contribution is -2.32. The van der Waals surface area contributed by atoms with Crippen LogP contribution in [0.2, 0.25) is 0 Å². The van der Waals surface area contributed by atoms with Crippen molar-refractivity contribution in [2.75, 3.05) is 13.1 Å². The highest BCUT2D eigenvalue weighted by Gasteiger charge is 2.27. The van der Waals surface area contributed by atoms with Gasteiger partial charge in [-0.05, 0) is 31.2 Å². The van der Waals surface area contributed by atoms with Crippen LogP contribution in [0, 0.1) is 5.92 Å². The summed E-state index contributed by atoms with van der Waals surface area (Å²) < 4.78 is 25.9. The van der Waals surface area contributed by atoms with Crippen LogP contribution in [0.3, 0.4) is 0 Å². The first-order valence-electron chi connectivity index (χ1n) is 5.60. The lowest BCUT2D eigenvalue weighted by Gasteiger charge is -2.18.